The van der Waals surface area contributed by atoms with Crippen LogP contribution < -0.4 is 10.6 Å². The molecular weight excluding hydrogens is 352 g/mol. The minimum atomic E-state index is -0.0866. The topological polar surface area (TPSA) is 76.0 Å². The summed E-state index contributed by atoms with van der Waals surface area (Å²) in [5.41, 5.74) is 3.24. The molecular formula is C22H26N4O2. The second-order valence-electron chi connectivity index (χ2n) is 6.81. The van der Waals surface area contributed by atoms with Crippen LogP contribution in [0.3, 0.4) is 0 Å². The molecule has 3 rings (SSSR count). The van der Waals surface area contributed by atoms with Gasteiger partial charge in [-0.25, -0.2) is 4.98 Å². The highest BCUT2D eigenvalue weighted by atomic mass is 16.2. The van der Waals surface area contributed by atoms with Crippen LogP contribution in [0.25, 0.3) is 11.0 Å². The monoisotopic (exact) mass is 378 g/mol. The van der Waals surface area contributed by atoms with Crippen LogP contribution >= 0.6 is 0 Å². The summed E-state index contributed by atoms with van der Waals surface area (Å²) in [6, 6.07) is 14.9. The van der Waals surface area contributed by atoms with Gasteiger partial charge in [-0.15, -0.1) is 0 Å². The minimum absolute atomic E-state index is 0.0287. The predicted molar refractivity (Wildman–Crippen MR) is 111 cm³/mol. The summed E-state index contributed by atoms with van der Waals surface area (Å²) in [5, 5.41) is 5.86. The third-order valence-electron chi connectivity index (χ3n) is 4.68. The highest BCUT2D eigenvalue weighted by molar-refractivity contribution is 5.94. The molecule has 0 fully saturated rings. The zero-order valence-corrected chi connectivity index (χ0v) is 16.4. The molecule has 0 aliphatic rings. The molecule has 28 heavy (non-hydrogen) atoms. The van der Waals surface area contributed by atoms with E-state index in [1.54, 1.807) is 12.1 Å². The number of hydrogen-bond donors (Lipinski definition) is 2. The number of carbonyl (C=O) groups is 2. The molecule has 0 saturated carbocycles. The molecule has 0 bridgehead atoms. The normalized spacial score (nSPS) is 10.8. The average Bonchev–Trinajstić information content (AvgIpc) is 3.02. The maximum Gasteiger partial charge on any atom is 0.251 e. The standard InChI is InChI=1S/C22H26N4O2/c1-3-4-10-21(27)24-17-11-12-19-18(15-17)25-20(26(19)2)13-14-23-22(28)16-8-6-5-7-9-16/h5-9,11-12,15H,3-4,10,13-14H2,1-2H3,(H,23,28)(H,24,27). The van der Waals surface area contributed by atoms with Gasteiger partial charge in [-0.3, -0.25) is 9.59 Å². The SMILES string of the molecule is CCCCC(=O)Nc1ccc2c(c1)nc(CCNC(=O)c1ccccc1)n2C. The van der Waals surface area contributed by atoms with Gasteiger partial charge in [-0.1, -0.05) is 31.5 Å². The van der Waals surface area contributed by atoms with Crippen molar-refractivity contribution in [2.45, 2.75) is 32.6 Å². The third kappa shape index (κ3) is 4.76. The molecule has 146 valence electrons. The summed E-state index contributed by atoms with van der Waals surface area (Å²) in [6.07, 6.45) is 3.04. The number of anilines is 1. The Morgan fingerprint density at radius 2 is 1.89 bits per heavy atom. The number of imidazole rings is 1. The molecule has 0 atom stereocenters. The lowest BCUT2D eigenvalue weighted by Gasteiger charge is -2.06. The number of aromatic nitrogens is 2. The van der Waals surface area contributed by atoms with Gasteiger partial charge < -0.3 is 15.2 Å². The number of carbonyl (C=O) groups excluding carboxylic acids is 2. The molecule has 0 aliphatic heterocycles. The molecule has 6 heteroatoms. The summed E-state index contributed by atoms with van der Waals surface area (Å²) in [5.74, 6) is 0.829. The van der Waals surface area contributed by atoms with E-state index in [1.807, 2.05) is 48.0 Å². The van der Waals surface area contributed by atoms with Gasteiger partial charge >= 0.3 is 0 Å². The van der Waals surface area contributed by atoms with Crippen molar-refractivity contribution in [1.82, 2.24) is 14.9 Å². The first-order valence-electron chi connectivity index (χ1n) is 9.67. The van der Waals surface area contributed by atoms with E-state index in [2.05, 4.69) is 22.5 Å². The average molecular weight is 378 g/mol. The highest BCUT2D eigenvalue weighted by Crippen LogP contribution is 2.20. The zero-order chi connectivity index (χ0) is 19.9. The van der Waals surface area contributed by atoms with E-state index < -0.39 is 0 Å². The van der Waals surface area contributed by atoms with E-state index in [0.29, 0.717) is 24.9 Å². The fraction of sp³-hybridized carbons (Fsp3) is 0.318. The second kappa shape index (κ2) is 9.17. The number of amides is 2. The summed E-state index contributed by atoms with van der Waals surface area (Å²) in [4.78, 5) is 28.7. The van der Waals surface area contributed by atoms with E-state index >= 15 is 0 Å². The van der Waals surface area contributed by atoms with Gasteiger partial charge in [0.1, 0.15) is 5.82 Å². The van der Waals surface area contributed by atoms with Crippen molar-refractivity contribution in [3.05, 3.63) is 59.9 Å². The largest absolute Gasteiger partial charge is 0.352 e. The summed E-state index contributed by atoms with van der Waals surface area (Å²) in [7, 11) is 1.96. The molecule has 0 radical (unpaired) electrons. The smallest absolute Gasteiger partial charge is 0.251 e. The van der Waals surface area contributed by atoms with Crippen molar-refractivity contribution >= 4 is 28.5 Å². The van der Waals surface area contributed by atoms with Crippen molar-refractivity contribution in [3.63, 3.8) is 0 Å². The minimum Gasteiger partial charge on any atom is -0.352 e. The molecule has 0 unspecified atom stereocenters. The Labute approximate surface area is 165 Å². The molecule has 0 saturated heterocycles. The molecule has 2 N–H and O–H groups in total. The maximum absolute atomic E-state index is 12.1. The van der Waals surface area contributed by atoms with Crippen LogP contribution in [0.5, 0.6) is 0 Å². The van der Waals surface area contributed by atoms with Crippen LogP contribution in [0.1, 0.15) is 42.4 Å². The molecule has 6 nitrogen and oxygen atoms in total. The lowest BCUT2D eigenvalue weighted by Crippen LogP contribution is -2.26. The van der Waals surface area contributed by atoms with E-state index in [9.17, 15) is 9.59 Å². The van der Waals surface area contributed by atoms with Crippen LogP contribution in [0.4, 0.5) is 5.69 Å². The lowest BCUT2D eigenvalue weighted by molar-refractivity contribution is -0.116. The zero-order valence-electron chi connectivity index (χ0n) is 16.4. The number of rotatable bonds is 8. The number of hydrogen-bond acceptors (Lipinski definition) is 3. The van der Waals surface area contributed by atoms with E-state index in [1.165, 1.54) is 0 Å². The lowest BCUT2D eigenvalue weighted by atomic mass is 10.2. The Morgan fingerprint density at radius 1 is 1.11 bits per heavy atom. The molecule has 1 heterocycles. The second-order valence-corrected chi connectivity index (χ2v) is 6.81. The van der Waals surface area contributed by atoms with Crippen LogP contribution in [0, 0.1) is 0 Å². The van der Waals surface area contributed by atoms with Crippen molar-refractivity contribution in [2.75, 3.05) is 11.9 Å². The fourth-order valence-electron chi connectivity index (χ4n) is 3.09. The first-order valence-corrected chi connectivity index (χ1v) is 9.67. The van der Waals surface area contributed by atoms with Gasteiger partial charge in [0.25, 0.3) is 5.91 Å². The number of aryl methyl sites for hydroxylation is 1. The van der Waals surface area contributed by atoms with E-state index in [4.69, 9.17) is 0 Å². The Balaban J connectivity index is 1.63. The van der Waals surface area contributed by atoms with Crippen LogP contribution in [-0.4, -0.2) is 27.9 Å². The summed E-state index contributed by atoms with van der Waals surface area (Å²) >= 11 is 0. The van der Waals surface area contributed by atoms with Crippen LogP contribution in [-0.2, 0) is 18.3 Å². The van der Waals surface area contributed by atoms with Crippen molar-refractivity contribution < 1.29 is 9.59 Å². The summed E-state index contributed by atoms with van der Waals surface area (Å²) in [6.45, 7) is 2.57. The molecule has 2 amide bonds. The van der Waals surface area contributed by atoms with Gasteiger partial charge in [-0.2, -0.15) is 0 Å². The first kappa shape index (κ1) is 19.6. The van der Waals surface area contributed by atoms with Gasteiger partial charge in [0.15, 0.2) is 0 Å². The Bertz CT molecular complexity index is 963. The van der Waals surface area contributed by atoms with Gasteiger partial charge in [0, 0.05) is 37.7 Å². The predicted octanol–water partition coefficient (Wildman–Crippen LogP) is 3.67. The third-order valence-corrected chi connectivity index (χ3v) is 4.68. The molecule has 0 spiro atoms. The van der Waals surface area contributed by atoms with Gasteiger partial charge in [-0.05, 0) is 36.8 Å². The fourth-order valence-corrected chi connectivity index (χ4v) is 3.09. The Morgan fingerprint density at radius 3 is 2.64 bits per heavy atom. The van der Waals surface area contributed by atoms with Crippen molar-refractivity contribution in [2.24, 2.45) is 7.05 Å². The number of nitrogens with zero attached hydrogens (tertiary/aromatic N) is 2. The molecule has 0 aliphatic carbocycles. The molecule has 3 aromatic rings. The quantitative estimate of drug-likeness (QED) is 0.628. The first-order chi connectivity index (χ1) is 13.6. The Kier molecular flexibility index (Phi) is 6.42. The van der Waals surface area contributed by atoms with Gasteiger partial charge in [0.05, 0.1) is 11.0 Å². The maximum atomic E-state index is 12.1. The number of fused-ring (bicyclic) bond motifs is 1. The Hall–Kier alpha value is -3.15. The van der Waals surface area contributed by atoms with Crippen LogP contribution in [0.15, 0.2) is 48.5 Å². The van der Waals surface area contributed by atoms with E-state index in [-0.39, 0.29) is 11.8 Å². The number of nitrogens with one attached hydrogen (secondary N) is 2. The van der Waals surface area contributed by atoms with E-state index in [0.717, 1.165) is 35.4 Å². The van der Waals surface area contributed by atoms with Crippen LogP contribution in [0.2, 0.25) is 0 Å². The molecule has 1 aromatic heterocycles. The molecule has 2 aromatic carbocycles. The van der Waals surface area contributed by atoms with Gasteiger partial charge in [0.2, 0.25) is 5.91 Å². The number of unbranched alkanes of at least 4 members (excludes halogenated alkanes) is 1. The number of benzene rings is 2. The highest BCUT2D eigenvalue weighted by Gasteiger charge is 2.10. The van der Waals surface area contributed by atoms with Crippen molar-refractivity contribution in [1.29, 1.82) is 0 Å². The summed E-state index contributed by atoms with van der Waals surface area (Å²) < 4.78 is 2.02. The van der Waals surface area contributed by atoms with Crippen molar-refractivity contribution in [3.8, 4) is 0 Å².